The molecular formula is C20H25N3O2. The Balaban J connectivity index is 1.39. The van der Waals surface area contributed by atoms with Gasteiger partial charge in [-0.2, -0.15) is 0 Å². The zero-order valence-corrected chi connectivity index (χ0v) is 14.4. The molecule has 1 saturated heterocycles. The standard InChI is InChI=1S/C20H25N3O2/c24-20(22-13-17-6-4-10-21-12-17)15-23-11-5-7-18(14-23)16-25-19-8-2-1-3-9-19/h1-4,6,8-10,12,18H,5,7,11,13-16H2,(H,22,24). The molecule has 1 aliphatic heterocycles. The average Bonchev–Trinajstić information content (AvgIpc) is 2.67. The van der Waals surface area contributed by atoms with E-state index in [0.29, 0.717) is 25.6 Å². The van der Waals surface area contributed by atoms with Crippen molar-refractivity contribution in [3.8, 4) is 5.75 Å². The largest absolute Gasteiger partial charge is 0.493 e. The van der Waals surface area contributed by atoms with Crippen LogP contribution in [0.15, 0.2) is 54.9 Å². The van der Waals surface area contributed by atoms with Gasteiger partial charge in [0.2, 0.25) is 5.91 Å². The summed E-state index contributed by atoms with van der Waals surface area (Å²) in [6.07, 6.45) is 5.77. The van der Waals surface area contributed by atoms with E-state index in [0.717, 1.165) is 37.2 Å². The van der Waals surface area contributed by atoms with Crippen molar-refractivity contribution in [1.82, 2.24) is 15.2 Å². The smallest absolute Gasteiger partial charge is 0.234 e. The number of hydrogen-bond acceptors (Lipinski definition) is 4. The van der Waals surface area contributed by atoms with Gasteiger partial charge in [0, 0.05) is 31.4 Å². The third-order valence-corrected chi connectivity index (χ3v) is 4.41. The van der Waals surface area contributed by atoms with Crippen LogP contribution in [0.2, 0.25) is 0 Å². The molecular weight excluding hydrogens is 314 g/mol. The van der Waals surface area contributed by atoms with Crippen molar-refractivity contribution in [2.24, 2.45) is 5.92 Å². The third-order valence-electron chi connectivity index (χ3n) is 4.41. The molecule has 1 fully saturated rings. The zero-order valence-electron chi connectivity index (χ0n) is 14.4. The highest BCUT2D eigenvalue weighted by Crippen LogP contribution is 2.18. The molecule has 5 nitrogen and oxygen atoms in total. The molecule has 1 aromatic carbocycles. The summed E-state index contributed by atoms with van der Waals surface area (Å²) < 4.78 is 5.87. The van der Waals surface area contributed by atoms with Crippen LogP contribution in [0.5, 0.6) is 5.75 Å². The second kappa shape index (κ2) is 9.18. The van der Waals surface area contributed by atoms with E-state index < -0.39 is 0 Å². The summed E-state index contributed by atoms with van der Waals surface area (Å²) in [5.41, 5.74) is 1.02. The van der Waals surface area contributed by atoms with Crippen LogP contribution in [0.25, 0.3) is 0 Å². The molecule has 25 heavy (non-hydrogen) atoms. The van der Waals surface area contributed by atoms with Crippen molar-refractivity contribution >= 4 is 5.91 Å². The Hall–Kier alpha value is -2.40. The van der Waals surface area contributed by atoms with Crippen molar-refractivity contribution in [2.75, 3.05) is 26.2 Å². The molecule has 2 heterocycles. The molecule has 3 rings (SSSR count). The first kappa shape index (κ1) is 17.4. The van der Waals surface area contributed by atoms with E-state index >= 15 is 0 Å². The van der Waals surface area contributed by atoms with Crippen LogP contribution in [0, 0.1) is 5.92 Å². The van der Waals surface area contributed by atoms with Crippen LogP contribution in [-0.2, 0) is 11.3 Å². The molecule has 5 heteroatoms. The van der Waals surface area contributed by atoms with E-state index in [2.05, 4.69) is 15.2 Å². The molecule has 132 valence electrons. The fourth-order valence-electron chi connectivity index (χ4n) is 3.12. The van der Waals surface area contributed by atoms with Gasteiger partial charge >= 0.3 is 0 Å². The summed E-state index contributed by atoms with van der Waals surface area (Å²) in [4.78, 5) is 18.4. The van der Waals surface area contributed by atoms with Crippen LogP contribution >= 0.6 is 0 Å². The van der Waals surface area contributed by atoms with Crippen LogP contribution in [0.3, 0.4) is 0 Å². The van der Waals surface area contributed by atoms with Gasteiger partial charge in [-0.25, -0.2) is 0 Å². The molecule has 1 amide bonds. The molecule has 0 aliphatic carbocycles. The Morgan fingerprint density at radius 3 is 2.92 bits per heavy atom. The number of carbonyl (C=O) groups excluding carboxylic acids is 1. The minimum Gasteiger partial charge on any atom is -0.493 e. The molecule has 0 spiro atoms. The highest BCUT2D eigenvalue weighted by molar-refractivity contribution is 5.78. The topological polar surface area (TPSA) is 54.5 Å². The maximum absolute atomic E-state index is 12.2. The van der Waals surface area contributed by atoms with Gasteiger partial charge in [-0.15, -0.1) is 0 Å². The zero-order chi connectivity index (χ0) is 17.3. The van der Waals surface area contributed by atoms with Gasteiger partial charge in [0.05, 0.1) is 13.2 Å². The normalized spacial score (nSPS) is 17.8. The van der Waals surface area contributed by atoms with Gasteiger partial charge in [-0.3, -0.25) is 14.7 Å². The monoisotopic (exact) mass is 339 g/mol. The minimum absolute atomic E-state index is 0.0634. The first-order valence-corrected chi connectivity index (χ1v) is 8.85. The van der Waals surface area contributed by atoms with Gasteiger partial charge in [0.15, 0.2) is 0 Å². The van der Waals surface area contributed by atoms with Gasteiger partial charge in [0.25, 0.3) is 0 Å². The number of rotatable bonds is 7. The average molecular weight is 339 g/mol. The van der Waals surface area contributed by atoms with E-state index in [1.54, 1.807) is 12.4 Å². The highest BCUT2D eigenvalue weighted by atomic mass is 16.5. The van der Waals surface area contributed by atoms with E-state index in [1.807, 2.05) is 42.5 Å². The third kappa shape index (κ3) is 5.87. The lowest BCUT2D eigenvalue weighted by atomic mass is 9.99. The lowest BCUT2D eigenvalue weighted by Gasteiger charge is -2.32. The van der Waals surface area contributed by atoms with Crippen LogP contribution in [0.4, 0.5) is 0 Å². The first-order chi connectivity index (χ1) is 12.3. The van der Waals surface area contributed by atoms with E-state index in [9.17, 15) is 4.79 Å². The predicted molar refractivity (Wildman–Crippen MR) is 97.2 cm³/mol. The van der Waals surface area contributed by atoms with Crippen molar-refractivity contribution in [3.05, 3.63) is 60.4 Å². The van der Waals surface area contributed by atoms with Gasteiger partial charge in [-0.1, -0.05) is 24.3 Å². The molecule has 0 radical (unpaired) electrons. The van der Waals surface area contributed by atoms with Crippen LogP contribution in [0.1, 0.15) is 18.4 Å². The van der Waals surface area contributed by atoms with Crippen molar-refractivity contribution < 1.29 is 9.53 Å². The minimum atomic E-state index is 0.0634. The summed E-state index contributed by atoms with van der Waals surface area (Å²) in [5, 5.41) is 2.97. The molecule has 1 unspecified atom stereocenters. The lowest BCUT2D eigenvalue weighted by Crippen LogP contribution is -2.43. The fourth-order valence-corrected chi connectivity index (χ4v) is 3.12. The Kier molecular flexibility index (Phi) is 6.40. The van der Waals surface area contributed by atoms with Gasteiger partial charge < -0.3 is 10.1 Å². The predicted octanol–water partition coefficient (Wildman–Crippen LogP) is 2.49. The summed E-state index contributed by atoms with van der Waals surface area (Å²) >= 11 is 0. The second-order valence-corrected chi connectivity index (χ2v) is 6.51. The number of piperidine rings is 1. The number of ether oxygens (including phenoxy) is 1. The SMILES string of the molecule is O=C(CN1CCCC(COc2ccccc2)C1)NCc1cccnc1. The van der Waals surface area contributed by atoms with Gasteiger partial charge in [0.1, 0.15) is 5.75 Å². The number of para-hydroxylation sites is 1. The molecule has 1 N–H and O–H groups in total. The van der Waals surface area contributed by atoms with Crippen LogP contribution < -0.4 is 10.1 Å². The summed E-state index contributed by atoms with van der Waals surface area (Å²) in [6, 6.07) is 13.7. The van der Waals surface area contributed by atoms with Crippen LogP contribution in [-0.4, -0.2) is 42.0 Å². The number of carbonyl (C=O) groups is 1. The molecule has 2 aromatic rings. The molecule has 0 saturated carbocycles. The number of nitrogens with zero attached hydrogens (tertiary/aromatic N) is 2. The first-order valence-electron chi connectivity index (χ1n) is 8.85. The maximum atomic E-state index is 12.2. The number of aromatic nitrogens is 1. The van der Waals surface area contributed by atoms with Crippen molar-refractivity contribution in [3.63, 3.8) is 0 Å². The Labute approximate surface area is 149 Å². The van der Waals surface area contributed by atoms with Crippen molar-refractivity contribution in [1.29, 1.82) is 0 Å². The molecule has 0 bridgehead atoms. The van der Waals surface area contributed by atoms with E-state index in [-0.39, 0.29) is 5.91 Å². The second-order valence-electron chi connectivity index (χ2n) is 6.51. The molecule has 1 aromatic heterocycles. The Morgan fingerprint density at radius 1 is 1.24 bits per heavy atom. The summed E-state index contributed by atoms with van der Waals surface area (Å²) in [7, 11) is 0. The van der Waals surface area contributed by atoms with E-state index in [1.165, 1.54) is 0 Å². The maximum Gasteiger partial charge on any atom is 0.234 e. The van der Waals surface area contributed by atoms with Gasteiger partial charge in [-0.05, 0) is 43.1 Å². The number of amides is 1. The summed E-state index contributed by atoms with van der Waals surface area (Å²) in [5.74, 6) is 1.45. The number of likely N-dealkylation sites (tertiary alicyclic amines) is 1. The number of hydrogen-bond donors (Lipinski definition) is 1. The number of nitrogens with one attached hydrogen (secondary N) is 1. The highest BCUT2D eigenvalue weighted by Gasteiger charge is 2.22. The number of pyridine rings is 1. The Morgan fingerprint density at radius 2 is 2.12 bits per heavy atom. The van der Waals surface area contributed by atoms with Crippen molar-refractivity contribution in [2.45, 2.75) is 19.4 Å². The lowest BCUT2D eigenvalue weighted by molar-refractivity contribution is -0.122. The van der Waals surface area contributed by atoms with E-state index in [4.69, 9.17) is 4.74 Å². The Bertz CT molecular complexity index is 649. The molecule has 1 aliphatic rings. The quantitative estimate of drug-likeness (QED) is 0.842. The summed E-state index contributed by atoms with van der Waals surface area (Å²) in [6.45, 7) is 3.57. The number of benzene rings is 1. The molecule has 1 atom stereocenters. The fraction of sp³-hybridized carbons (Fsp3) is 0.400.